The number of hydrogen-bond acceptors (Lipinski definition) is 4. The van der Waals surface area contributed by atoms with Gasteiger partial charge in [-0.05, 0) is 23.0 Å². The Morgan fingerprint density at radius 1 is 1.73 bits per heavy atom. The summed E-state index contributed by atoms with van der Waals surface area (Å²) in [6.45, 7) is 0.932. The van der Waals surface area contributed by atoms with Gasteiger partial charge in [-0.15, -0.1) is 0 Å². The van der Waals surface area contributed by atoms with Crippen LogP contribution < -0.4 is 11.1 Å². The molecule has 0 aliphatic carbocycles. The van der Waals surface area contributed by atoms with Gasteiger partial charge in [-0.1, -0.05) is 11.3 Å². The highest BCUT2D eigenvalue weighted by Gasteiger charge is 2.04. The van der Waals surface area contributed by atoms with E-state index < -0.39 is 0 Å². The highest BCUT2D eigenvalue weighted by molar-refractivity contribution is 9.11. The van der Waals surface area contributed by atoms with Crippen LogP contribution in [0.1, 0.15) is 5.69 Å². The van der Waals surface area contributed by atoms with E-state index in [1.807, 2.05) is 7.05 Å². The first kappa shape index (κ1) is 8.96. The first-order valence-corrected chi connectivity index (χ1v) is 4.90. The van der Waals surface area contributed by atoms with Crippen molar-refractivity contribution in [1.82, 2.24) is 10.3 Å². The fourth-order valence-electron chi connectivity index (χ4n) is 0.748. The third-order valence-corrected chi connectivity index (χ3v) is 2.94. The number of aromatic nitrogens is 1. The Morgan fingerprint density at radius 3 is 2.91 bits per heavy atom. The van der Waals surface area contributed by atoms with Gasteiger partial charge in [0.25, 0.3) is 0 Å². The van der Waals surface area contributed by atoms with Crippen molar-refractivity contribution in [3.05, 3.63) is 9.48 Å². The lowest BCUT2D eigenvalue weighted by Gasteiger charge is -1.94. The van der Waals surface area contributed by atoms with Crippen LogP contribution in [-0.4, -0.2) is 18.6 Å². The number of nitrogens with one attached hydrogen (secondary N) is 1. The molecule has 0 aliphatic rings. The van der Waals surface area contributed by atoms with Crippen LogP contribution in [0, 0.1) is 0 Å². The second-order valence-electron chi connectivity index (χ2n) is 2.13. The average Bonchev–Trinajstić information content (AvgIpc) is 2.26. The lowest BCUT2D eigenvalue weighted by atomic mass is 10.3. The largest absolute Gasteiger partial charge is 0.375 e. The molecule has 62 valence electrons. The normalized spacial score (nSPS) is 10.4. The SMILES string of the molecule is CNCCc1nc(N)sc1Br. The molecular weight excluding hydrogens is 226 g/mol. The van der Waals surface area contributed by atoms with E-state index in [4.69, 9.17) is 5.73 Å². The Morgan fingerprint density at radius 2 is 2.45 bits per heavy atom. The summed E-state index contributed by atoms with van der Waals surface area (Å²) in [5.74, 6) is 0. The average molecular weight is 236 g/mol. The zero-order valence-corrected chi connectivity index (χ0v) is 8.63. The van der Waals surface area contributed by atoms with Crippen molar-refractivity contribution in [3.63, 3.8) is 0 Å². The molecule has 11 heavy (non-hydrogen) atoms. The zero-order chi connectivity index (χ0) is 8.27. The van der Waals surface area contributed by atoms with Crippen molar-refractivity contribution in [3.8, 4) is 0 Å². The van der Waals surface area contributed by atoms with Crippen molar-refractivity contribution in [2.45, 2.75) is 6.42 Å². The lowest BCUT2D eigenvalue weighted by Crippen LogP contribution is -2.10. The summed E-state index contributed by atoms with van der Waals surface area (Å²) in [5, 5.41) is 3.68. The van der Waals surface area contributed by atoms with Crippen LogP contribution in [0.25, 0.3) is 0 Å². The van der Waals surface area contributed by atoms with Gasteiger partial charge >= 0.3 is 0 Å². The van der Waals surface area contributed by atoms with Gasteiger partial charge in [-0.25, -0.2) is 4.98 Å². The molecular formula is C6H10BrN3S. The molecule has 0 saturated carbocycles. The van der Waals surface area contributed by atoms with Gasteiger partial charge in [0.1, 0.15) is 0 Å². The number of thiazole rings is 1. The molecule has 0 saturated heterocycles. The van der Waals surface area contributed by atoms with Crippen molar-refractivity contribution in [2.24, 2.45) is 0 Å². The fourth-order valence-corrected chi connectivity index (χ4v) is 2.14. The molecule has 1 rings (SSSR count). The maximum atomic E-state index is 5.51. The summed E-state index contributed by atoms with van der Waals surface area (Å²) < 4.78 is 1.05. The number of nitrogen functional groups attached to an aromatic ring is 1. The minimum Gasteiger partial charge on any atom is -0.375 e. The minimum absolute atomic E-state index is 0.628. The molecule has 0 atom stereocenters. The van der Waals surface area contributed by atoms with Crippen LogP contribution in [0.3, 0.4) is 0 Å². The third-order valence-electron chi connectivity index (χ3n) is 1.28. The minimum atomic E-state index is 0.628. The summed E-state index contributed by atoms with van der Waals surface area (Å²) >= 11 is 4.87. The predicted octanol–water partition coefficient (Wildman–Crippen LogP) is 1.25. The maximum Gasteiger partial charge on any atom is 0.181 e. The molecule has 0 spiro atoms. The van der Waals surface area contributed by atoms with Crippen molar-refractivity contribution in [2.75, 3.05) is 19.3 Å². The predicted molar refractivity (Wildman–Crippen MR) is 51.9 cm³/mol. The highest BCUT2D eigenvalue weighted by atomic mass is 79.9. The molecule has 0 fully saturated rings. The molecule has 1 aromatic heterocycles. The third kappa shape index (κ3) is 2.43. The molecule has 0 aliphatic heterocycles. The number of likely N-dealkylation sites (N-methyl/N-ethyl adjacent to an activating group) is 1. The molecule has 0 radical (unpaired) electrons. The van der Waals surface area contributed by atoms with Gasteiger partial charge in [0.05, 0.1) is 9.48 Å². The van der Waals surface area contributed by atoms with Crippen molar-refractivity contribution in [1.29, 1.82) is 0 Å². The number of hydrogen-bond donors (Lipinski definition) is 2. The summed E-state index contributed by atoms with van der Waals surface area (Å²) in [5.41, 5.74) is 6.55. The van der Waals surface area contributed by atoms with Gasteiger partial charge in [0.15, 0.2) is 5.13 Å². The Balaban J connectivity index is 2.62. The molecule has 5 heteroatoms. The first-order valence-electron chi connectivity index (χ1n) is 3.29. The maximum absolute atomic E-state index is 5.51. The van der Waals surface area contributed by atoms with Crippen LogP contribution in [0.15, 0.2) is 3.79 Å². The molecule has 1 aromatic rings. The first-order chi connectivity index (χ1) is 5.24. The van der Waals surface area contributed by atoms with E-state index >= 15 is 0 Å². The molecule has 0 amide bonds. The Hall–Kier alpha value is -0.130. The number of anilines is 1. The smallest absolute Gasteiger partial charge is 0.181 e. The Kier molecular flexibility index (Phi) is 3.29. The van der Waals surface area contributed by atoms with Crippen LogP contribution in [0.4, 0.5) is 5.13 Å². The Labute approximate surface area is 78.1 Å². The van der Waals surface area contributed by atoms with E-state index in [-0.39, 0.29) is 0 Å². The van der Waals surface area contributed by atoms with Crippen LogP contribution >= 0.6 is 27.3 Å². The van der Waals surface area contributed by atoms with Gasteiger partial charge in [0.2, 0.25) is 0 Å². The number of nitrogens with two attached hydrogens (primary N) is 1. The summed E-state index contributed by atoms with van der Waals surface area (Å²) in [6, 6.07) is 0. The van der Waals surface area contributed by atoms with Gasteiger partial charge in [-0.2, -0.15) is 0 Å². The second kappa shape index (κ2) is 4.04. The highest BCUT2D eigenvalue weighted by Crippen LogP contribution is 2.26. The topological polar surface area (TPSA) is 50.9 Å². The molecule has 0 bridgehead atoms. The van der Waals surface area contributed by atoms with Gasteiger partial charge < -0.3 is 11.1 Å². The lowest BCUT2D eigenvalue weighted by molar-refractivity contribution is 0.779. The summed E-state index contributed by atoms with van der Waals surface area (Å²) in [4.78, 5) is 4.16. The number of halogens is 1. The van der Waals surface area contributed by atoms with Crippen LogP contribution in [0.5, 0.6) is 0 Å². The summed E-state index contributed by atoms with van der Waals surface area (Å²) in [7, 11) is 1.92. The van der Waals surface area contributed by atoms with E-state index in [9.17, 15) is 0 Å². The molecule has 0 unspecified atom stereocenters. The van der Waals surface area contributed by atoms with E-state index in [0.717, 1.165) is 22.4 Å². The summed E-state index contributed by atoms with van der Waals surface area (Å²) in [6.07, 6.45) is 0.921. The quantitative estimate of drug-likeness (QED) is 0.830. The van der Waals surface area contributed by atoms with Crippen molar-refractivity contribution < 1.29 is 0 Å². The number of nitrogens with zero attached hydrogens (tertiary/aromatic N) is 1. The van der Waals surface area contributed by atoms with Gasteiger partial charge in [-0.3, -0.25) is 0 Å². The molecule has 0 aromatic carbocycles. The van der Waals surface area contributed by atoms with E-state index in [0.29, 0.717) is 5.13 Å². The van der Waals surface area contributed by atoms with E-state index in [2.05, 4.69) is 26.2 Å². The van der Waals surface area contributed by atoms with Gasteiger partial charge in [0, 0.05) is 13.0 Å². The zero-order valence-electron chi connectivity index (χ0n) is 6.22. The van der Waals surface area contributed by atoms with E-state index in [1.165, 1.54) is 11.3 Å². The van der Waals surface area contributed by atoms with Crippen molar-refractivity contribution >= 4 is 32.4 Å². The van der Waals surface area contributed by atoms with Crippen LogP contribution in [-0.2, 0) is 6.42 Å². The van der Waals surface area contributed by atoms with Crippen LogP contribution in [0.2, 0.25) is 0 Å². The standard InChI is InChI=1S/C6H10BrN3S/c1-9-3-2-4-5(7)11-6(8)10-4/h9H,2-3H2,1H3,(H2,8,10). The number of rotatable bonds is 3. The Bertz CT molecular complexity index is 236. The second-order valence-corrected chi connectivity index (χ2v) is 4.47. The molecule has 3 nitrogen and oxygen atoms in total. The monoisotopic (exact) mass is 235 g/mol. The molecule has 3 N–H and O–H groups in total. The van der Waals surface area contributed by atoms with E-state index in [1.54, 1.807) is 0 Å². The fraction of sp³-hybridized carbons (Fsp3) is 0.500. The molecule has 1 heterocycles.